The summed E-state index contributed by atoms with van der Waals surface area (Å²) in [7, 11) is 0. The molecule has 0 unspecified atom stereocenters. The van der Waals surface area contributed by atoms with E-state index in [-0.39, 0.29) is 18.3 Å². The predicted octanol–water partition coefficient (Wildman–Crippen LogP) is 2.85. The van der Waals surface area contributed by atoms with E-state index in [1.807, 2.05) is 13.8 Å². The number of carbonyl (C=O) groups is 1. The van der Waals surface area contributed by atoms with Gasteiger partial charge in [0, 0.05) is 24.0 Å². The average molecular weight is 292 g/mol. The first-order valence-electron chi connectivity index (χ1n) is 7.02. The van der Waals surface area contributed by atoms with Crippen molar-refractivity contribution in [3.8, 4) is 0 Å². The number of H-pyrrole nitrogens is 1. The van der Waals surface area contributed by atoms with Crippen molar-refractivity contribution >= 4 is 16.8 Å². The molecule has 0 radical (unpaired) electrons. The van der Waals surface area contributed by atoms with Gasteiger partial charge in [-0.15, -0.1) is 0 Å². The zero-order valence-electron chi connectivity index (χ0n) is 12.8. The number of nitrogens with one attached hydrogen (secondary N) is 1. The second-order valence-corrected chi connectivity index (χ2v) is 6.00. The summed E-state index contributed by atoms with van der Waals surface area (Å²) in [6.45, 7) is 7.72. The summed E-state index contributed by atoms with van der Waals surface area (Å²) in [6.07, 6.45) is 0. The molecule has 1 aromatic carbocycles. The van der Waals surface area contributed by atoms with Gasteiger partial charge >= 0.3 is 0 Å². The number of likely N-dealkylation sites (N-methyl/N-ethyl adjacent to an activating group) is 1. The summed E-state index contributed by atoms with van der Waals surface area (Å²) in [5.74, 6) is -0.527. The summed E-state index contributed by atoms with van der Waals surface area (Å²) < 4.78 is 13.4. The lowest BCUT2D eigenvalue weighted by molar-refractivity contribution is 0.0312. The van der Waals surface area contributed by atoms with Gasteiger partial charge in [0.2, 0.25) is 0 Å². The van der Waals surface area contributed by atoms with E-state index >= 15 is 0 Å². The fraction of sp³-hybridized carbons (Fsp3) is 0.438. The van der Waals surface area contributed by atoms with E-state index in [2.05, 4.69) is 4.98 Å². The van der Waals surface area contributed by atoms with E-state index in [0.29, 0.717) is 17.8 Å². The number of aromatic nitrogens is 1. The summed E-state index contributed by atoms with van der Waals surface area (Å²) in [4.78, 5) is 17.0. The van der Waals surface area contributed by atoms with E-state index in [4.69, 9.17) is 0 Å². The third kappa shape index (κ3) is 3.42. The molecular weight excluding hydrogens is 271 g/mol. The van der Waals surface area contributed by atoms with Gasteiger partial charge in [0.1, 0.15) is 11.5 Å². The van der Waals surface area contributed by atoms with Gasteiger partial charge in [-0.2, -0.15) is 0 Å². The highest BCUT2D eigenvalue weighted by Crippen LogP contribution is 2.22. The maximum atomic E-state index is 13.4. The van der Waals surface area contributed by atoms with Crippen molar-refractivity contribution in [1.29, 1.82) is 0 Å². The number of halogens is 1. The molecule has 0 bridgehead atoms. The SMILES string of the molecule is CCN(CC(C)(C)O)C(=O)c1cc2c(C)cc(F)cc2[nH]1. The number of hydrogen-bond acceptors (Lipinski definition) is 2. The molecule has 2 aromatic rings. The highest BCUT2D eigenvalue weighted by Gasteiger charge is 2.23. The Bertz CT molecular complexity index is 671. The van der Waals surface area contributed by atoms with Crippen LogP contribution in [0, 0.1) is 12.7 Å². The van der Waals surface area contributed by atoms with E-state index in [1.165, 1.54) is 12.1 Å². The molecule has 21 heavy (non-hydrogen) atoms. The van der Waals surface area contributed by atoms with Crippen LogP contribution in [0.2, 0.25) is 0 Å². The monoisotopic (exact) mass is 292 g/mol. The molecule has 1 amide bonds. The van der Waals surface area contributed by atoms with E-state index in [0.717, 1.165) is 10.9 Å². The van der Waals surface area contributed by atoms with Crippen LogP contribution >= 0.6 is 0 Å². The number of aryl methyl sites for hydroxylation is 1. The molecule has 2 N–H and O–H groups in total. The minimum absolute atomic E-state index is 0.198. The molecule has 1 heterocycles. The molecule has 0 atom stereocenters. The van der Waals surface area contributed by atoms with Crippen LogP contribution in [-0.2, 0) is 0 Å². The molecule has 1 aromatic heterocycles. The summed E-state index contributed by atoms with van der Waals surface area (Å²) >= 11 is 0. The standard InChI is InChI=1S/C16H21FN2O2/c1-5-19(9-16(3,4)21)15(20)14-8-12-10(2)6-11(17)7-13(12)18-14/h6-8,18,21H,5,9H2,1-4H3. The lowest BCUT2D eigenvalue weighted by atomic mass is 10.1. The zero-order valence-corrected chi connectivity index (χ0v) is 12.8. The Balaban J connectivity index is 2.36. The highest BCUT2D eigenvalue weighted by atomic mass is 19.1. The van der Waals surface area contributed by atoms with Crippen LogP contribution < -0.4 is 0 Å². The number of amides is 1. The van der Waals surface area contributed by atoms with E-state index in [9.17, 15) is 14.3 Å². The average Bonchev–Trinajstić information content (AvgIpc) is 2.78. The molecule has 0 saturated heterocycles. The van der Waals surface area contributed by atoms with Crippen LogP contribution in [-0.4, -0.2) is 39.6 Å². The van der Waals surface area contributed by atoms with Crippen LogP contribution in [0.4, 0.5) is 4.39 Å². The minimum atomic E-state index is -0.959. The van der Waals surface area contributed by atoms with Crippen LogP contribution in [0.1, 0.15) is 36.8 Å². The molecule has 4 nitrogen and oxygen atoms in total. The van der Waals surface area contributed by atoms with Gasteiger partial charge in [-0.25, -0.2) is 4.39 Å². The minimum Gasteiger partial charge on any atom is -0.389 e. The first-order valence-corrected chi connectivity index (χ1v) is 7.02. The molecule has 0 aliphatic rings. The molecule has 0 fully saturated rings. The molecular formula is C16H21FN2O2. The first-order chi connectivity index (χ1) is 9.71. The third-order valence-corrected chi connectivity index (χ3v) is 3.39. The number of hydrogen-bond donors (Lipinski definition) is 2. The number of fused-ring (bicyclic) bond motifs is 1. The largest absolute Gasteiger partial charge is 0.389 e. The lowest BCUT2D eigenvalue weighted by Gasteiger charge is -2.27. The fourth-order valence-electron chi connectivity index (χ4n) is 2.45. The molecule has 114 valence electrons. The Morgan fingerprint density at radius 3 is 2.62 bits per heavy atom. The Kier molecular flexibility index (Phi) is 4.05. The fourth-order valence-corrected chi connectivity index (χ4v) is 2.45. The smallest absolute Gasteiger partial charge is 0.270 e. The number of nitrogens with zero attached hydrogens (tertiary/aromatic N) is 1. The third-order valence-electron chi connectivity index (χ3n) is 3.39. The lowest BCUT2D eigenvalue weighted by Crippen LogP contribution is -2.42. The zero-order chi connectivity index (χ0) is 15.8. The molecule has 2 rings (SSSR count). The van der Waals surface area contributed by atoms with Gasteiger partial charge in [0.05, 0.1) is 5.60 Å². The number of benzene rings is 1. The Morgan fingerprint density at radius 1 is 1.38 bits per heavy atom. The number of aromatic amines is 1. The van der Waals surface area contributed by atoms with Gasteiger partial charge in [0.15, 0.2) is 0 Å². The van der Waals surface area contributed by atoms with Crippen LogP contribution in [0.15, 0.2) is 18.2 Å². The summed E-state index contributed by atoms with van der Waals surface area (Å²) in [5.41, 5.74) is 0.838. The molecule has 0 aliphatic heterocycles. The topological polar surface area (TPSA) is 56.3 Å². The summed E-state index contributed by atoms with van der Waals surface area (Å²) in [6, 6.07) is 4.56. The second kappa shape index (κ2) is 5.48. The maximum Gasteiger partial charge on any atom is 0.270 e. The van der Waals surface area contributed by atoms with Gasteiger partial charge in [0.25, 0.3) is 5.91 Å². The van der Waals surface area contributed by atoms with Crippen molar-refractivity contribution in [2.75, 3.05) is 13.1 Å². The van der Waals surface area contributed by atoms with Gasteiger partial charge in [-0.3, -0.25) is 4.79 Å². The quantitative estimate of drug-likeness (QED) is 0.910. The van der Waals surface area contributed by atoms with Gasteiger partial charge < -0.3 is 15.0 Å². The van der Waals surface area contributed by atoms with Crippen molar-refractivity contribution in [1.82, 2.24) is 9.88 Å². The maximum absolute atomic E-state index is 13.4. The van der Waals surface area contributed by atoms with E-state index < -0.39 is 5.60 Å². The van der Waals surface area contributed by atoms with Crippen molar-refractivity contribution in [3.05, 3.63) is 35.3 Å². The summed E-state index contributed by atoms with van der Waals surface area (Å²) in [5, 5.41) is 10.7. The Hall–Kier alpha value is -1.88. The number of aliphatic hydroxyl groups is 1. The van der Waals surface area contributed by atoms with Crippen molar-refractivity contribution < 1.29 is 14.3 Å². The van der Waals surface area contributed by atoms with Crippen molar-refractivity contribution in [3.63, 3.8) is 0 Å². The Labute approximate surface area is 123 Å². The normalized spacial score (nSPS) is 11.9. The number of carbonyl (C=O) groups excluding carboxylic acids is 1. The van der Waals surface area contributed by atoms with Crippen molar-refractivity contribution in [2.45, 2.75) is 33.3 Å². The highest BCUT2D eigenvalue weighted by molar-refractivity contribution is 5.98. The number of rotatable bonds is 4. The molecule has 5 heteroatoms. The first kappa shape index (κ1) is 15.5. The van der Waals surface area contributed by atoms with Crippen LogP contribution in [0.25, 0.3) is 10.9 Å². The Morgan fingerprint density at radius 2 is 2.05 bits per heavy atom. The molecule has 0 saturated carbocycles. The molecule has 0 spiro atoms. The molecule has 0 aliphatic carbocycles. The van der Waals surface area contributed by atoms with Gasteiger partial charge in [-0.1, -0.05) is 0 Å². The second-order valence-electron chi connectivity index (χ2n) is 6.00. The van der Waals surface area contributed by atoms with Gasteiger partial charge in [-0.05, 0) is 51.5 Å². The van der Waals surface area contributed by atoms with Crippen LogP contribution in [0.5, 0.6) is 0 Å². The van der Waals surface area contributed by atoms with E-state index in [1.54, 1.807) is 24.8 Å². The predicted molar refractivity (Wildman–Crippen MR) is 80.9 cm³/mol. The van der Waals surface area contributed by atoms with Crippen LogP contribution in [0.3, 0.4) is 0 Å². The van der Waals surface area contributed by atoms with Crippen molar-refractivity contribution in [2.24, 2.45) is 0 Å².